The molecule has 2 nitrogen and oxygen atoms in total. The highest BCUT2D eigenvalue weighted by molar-refractivity contribution is 5.25. The molecule has 2 aromatic carbocycles. The van der Waals surface area contributed by atoms with Crippen LogP contribution in [0.2, 0.25) is 0 Å². The fourth-order valence-corrected chi connectivity index (χ4v) is 3.20. The van der Waals surface area contributed by atoms with Gasteiger partial charge in [-0.2, -0.15) is 0 Å². The van der Waals surface area contributed by atoms with E-state index >= 15 is 0 Å². The highest BCUT2D eigenvalue weighted by Crippen LogP contribution is 2.28. The smallest absolute Gasteiger partial charge is 0.123 e. The number of nitrogens with zero attached hydrogens (tertiary/aromatic N) is 1. The van der Waals surface area contributed by atoms with Crippen LogP contribution in [0.1, 0.15) is 17.0 Å². The minimum atomic E-state index is -0.168. The van der Waals surface area contributed by atoms with Crippen molar-refractivity contribution >= 4 is 0 Å². The van der Waals surface area contributed by atoms with E-state index in [0.717, 1.165) is 19.6 Å². The molecule has 3 heteroatoms. The molecule has 3 rings (SSSR count). The number of hydrogen-bond donors (Lipinski definition) is 1. The van der Waals surface area contributed by atoms with Crippen LogP contribution < -0.4 is 5.32 Å². The lowest BCUT2D eigenvalue weighted by molar-refractivity contribution is 0.320. The van der Waals surface area contributed by atoms with E-state index in [4.69, 9.17) is 0 Å². The van der Waals surface area contributed by atoms with Crippen LogP contribution in [0.25, 0.3) is 0 Å². The molecule has 1 aliphatic rings. The molecule has 1 aliphatic heterocycles. The van der Waals surface area contributed by atoms with Gasteiger partial charge in [-0.05, 0) is 30.3 Å². The Bertz CT molecular complexity index is 568. The number of likely N-dealkylation sites (N-methyl/N-ethyl adjacent to an activating group) is 1. The van der Waals surface area contributed by atoms with E-state index in [2.05, 4.69) is 34.5 Å². The quantitative estimate of drug-likeness (QED) is 0.928. The molecule has 2 atom stereocenters. The van der Waals surface area contributed by atoms with Gasteiger partial charge in [0.15, 0.2) is 0 Å². The van der Waals surface area contributed by atoms with Crippen LogP contribution >= 0.6 is 0 Å². The summed E-state index contributed by atoms with van der Waals surface area (Å²) < 4.78 is 13.1. The van der Waals surface area contributed by atoms with Crippen molar-refractivity contribution in [3.05, 3.63) is 71.5 Å². The highest BCUT2D eigenvalue weighted by atomic mass is 19.1. The maximum Gasteiger partial charge on any atom is 0.123 e. The van der Waals surface area contributed by atoms with Gasteiger partial charge in [-0.3, -0.25) is 4.90 Å². The predicted octanol–water partition coefficient (Wildman–Crippen LogP) is 3.01. The number of hydrogen-bond acceptors (Lipinski definition) is 2. The third-order valence-corrected chi connectivity index (χ3v) is 4.31. The molecular weight excluding hydrogens is 263 g/mol. The second-order valence-corrected chi connectivity index (χ2v) is 5.73. The summed E-state index contributed by atoms with van der Waals surface area (Å²) in [6.07, 6.45) is 0. The van der Waals surface area contributed by atoms with E-state index in [0.29, 0.717) is 12.0 Å². The first-order valence-corrected chi connectivity index (χ1v) is 7.45. The van der Waals surface area contributed by atoms with Crippen molar-refractivity contribution in [1.29, 1.82) is 0 Å². The topological polar surface area (TPSA) is 15.3 Å². The van der Waals surface area contributed by atoms with Gasteiger partial charge in [0.05, 0.1) is 0 Å². The van der Waals surface area contributed by atoms with E-state index in [-0.39, 0.29) is 5.82 Å². The molecule has 0 bridgehead atoms. The van der Waals surface area contributed by atoms with Crippen molar-refractivity contribution in [3.8, 4) is 0 Å². The molecule has 0 spiro atoms. The molecule has 1 fully saturated rings. The molecule has 0 amide bonds. The molecule has 21 heavy (non-hydrogen) atoms. The SMILES string of the molecule is CN[C@H]1CN(Cc2ccccc2)C[C@@H]1c1ccc(F)cc1. The van der Waals surface area contributed by atoms with Crippen LogP contribution in [0.15, 0.2) is 54.6 Å². The number of benzene rings is 2. The van der Waals surface area contributed by atoms with Crippen LogP contribution in [0.3, 0.4) is 0 Å². The first-order chi connectivity index (χ1) is 10.3. The number of halogens is 1. The molecule has 2 aromatic rings. The Morgan fingerprint density at radius 2 is 1.76 bits per heavy atom. The van der Waals surface area contributed by atoms with Crippen LogP contribution in [0, 0.1) is 5.82 Å². The lowest BCUT2D eigenvalue weighted by Crippen LogP contribution is -2.32. The van der Waals surface area contributed by atoms with Gasteiger partial charge in [0.25, 0.3) is 0 Å². The monoisotopic (exact) mass is 284 g/mol. The summed E-state index contributed by atoms with van der Waals surface area (Å²) in [4.78, 5) is 2.46. The Balaban J connectivity index is 1.72. The summed E-state index contributed by atoms with van der Waals surface area (Å²) in [5.41, 5.74) is 2.55. The normalized spacial score (nSPS) is 22.6. The molecular formula is C18H21FN2. The van der Waals surface area contributed by atoms with E-state index < -0.39 is 0 Å². The molecule has 0 unspecified atom stereocenters. The van der Waals surface area contributed by atoms with Gasteiger partial charge >= 0.3 is 0 Å². The summed E-state index contributed by atoms with van der Waals surface area (Å²) in [5, 5.41) is 3.41. The molecule has 1 N–H and O–H groups in total. The summed E-state index contributed by atoms with van der Waals surface area (Å²) in [6, 6.07) is 17.9. The molecule has 0 aliphatic carbocycles. The Kier molecular flexibility index (Phi) is 4.32. The van der Waals surface area contributed by atoms with Crippen molar-refractivity contribution in [2.24, 2.45) is 0 Å². The van der Waals surface area contributed by atoms with Gasteiger partial charge in [-0.25, -0.2) is 4.39 Å². The van der Waals surface area contributed by atoms with Crippen molar-refractivity contribution < 1.29 is 4.39 Å². The van der Waals surface area contributed by atoms with E-state index in [9.17, 15) is 4.39 Å². The van der Waals surface area contributed by atoms with E-state index in [1.165, 1.54) is 11.1 Å². The largest absolute Gasteiger partial charge is 0.315 e. The fraction of sp³-hybridized carbons (Fsp3) is 0.333. The molecule has 110 valence electrons. The van der Waals surface area contributed by atoms with Crippen molar-refractivity contribution in [1.82, 2.24) is 10.2 Å². The molecule has 1 heterocycles. The zero-order valence-electron chi connectivity index (χ0n) is 12.3. The van der Waals surface area contributed by atoms with Crippen LogP contribution in [-0.4, -0.2) is 31.1 Å². The molecule has 1 saturated heterocycles. The van der Waals surface area contributed by atoms with Crippen LogP contribution in [0.4, 0.5) is 4.39 Å². The second-order valence-electron chi connectivity index (χ2n) is 5.73. The average Bonchev–Trinajstić information content (AvgIpc) is 2.92. The first-order valence-electron chi connectivity index (χ1n) is 7.45. The van der Waals surface area contributed by atoms with Gasteiger partial charge in [-0.15, -0.1) is 0 Å². The van der Waals surface area contributed by atoms with Gasteiger partial charge < -0.3 is 5.32 Å². The van der Waals surface area contributed by atoms with Gasteiger partial charge in [-0.1, -0.05) is 42.5 Å². The Hall–Kier alpha value is -1.71. The zero-order valence-corrected chi connectivity index (χ0v) is 12.3. The maximum atomic E-state index is 13.1. The number of rotatable bonds is 4. The van der Waals surface area contributed by atoms with E-state index in [1.807, 2.05) is 25.2 Å². The zero-order chi connectivity index (χ0) is 14.7. The lowest BCUT2D eigenvalue weighted by Gasteiger charge is -2.17. The standard InChI is InChI=1S/C18H21FN2/c1-20-18-13-21(11-14-5-3-2-4-6-14)12-17(18)15-7-9-16(19)10-8-15/h2-10,17-18,20H,11-13H2,1H3/t17-,18+/m1/s1. The fourth-order valence-electron chi connectivity index (χ4n) is 3.20. The Labute approximate surface area is 125 Å². The number of likely N-dealkylation sites (tertiary alicyclic amines) is 1. The van der Waals surface area contributed by atoms with Crippen molar-refractivity contribution in [2.75, 3.05) is 20.1 Å². The molecule has 0 aromatic heterocycles. The summed E-state index contributed by atoms with van der Waals surface area (Å²) in [5.74, 6) is 0.248. The third-order valence-electron chi connectivity index (χ3n) is 4.31. The summed E-state index contributed by atoms with van der Waals surface area (Å²) in [7, 11) is 2.01. The predicted molar refractivity (Wildman–Crippen MR) is 83.7 cm³/mol. The van der Waals surface area contributed by atoms with Crippen molar-refractivity contribution in [3.63, 3.8) is 0 Å². The minimum Gasteiger partial charge on any atom is -0.315 e. The van der Waals surface area contributed by atoms with Crippen molar-refractivity contribution in [2.45, 2.75) is 18.5 Å². The average molecular weight is 284 g/mol. The highest BCUT2D eigenvalue weighted by Gasteiger charge is 2.32. The molecule has 0 saturated carbocycles. The maximum absolute atomic E-state index is 13.1. The van der Waals surface area contributed by atoms with Gasteiger partial charge in [0, 0.05) is 31.6 Å². The second kappa shape index (κ2) is 6.37. The Morgan fingerprint density at radius 1 is 1.05 bits per heavy atom. The Morgan fingerprint density at radius 3 is 2.43 bits per heavy atom. The first kappa shape index (κ1) is 14.2. The summed E-state index contributed by atoms with van der Waals surface area (Å²) >= 11 is 0. The summed E-state index contributed by atoms with van der Waals surface area (Å²) in [6.45, 7) is 3.00. The number of nitrogens with one attached hydrogen (secondary N) is 1. The van der Waals surface area contributed by atoms with Crippen LogP contribution in [-0.2, 0) is 6.54 Å². The lowest BCUT2D eigenvalue weighted by atomic mass is 9.94. The van der Waals surface area contributed by atoms with Gasteiger partial charge in [0.1, 0.15) is 5.82 Å². The van der Waals surface area contributed by atoms with Crippen LogP contribution in [0.5, 0.6) is 0 Å². The van der Waals surface area contributed by atoms with Gasteiger partial charge in [0.2, 0.25) is 0 Å². The minimum absolute atomic E-state index is 0.168. The molecule has 0 radical (unpaired) electrons. The van der Waals surface area contributed by atoms with E-state index in [1.54, 1.807) is 12.1 Å². The third kappa shape index (κ3) is 3.31.